The maximum absolute atomic E-state index is 13.4. The van der Waals surface area contributed by atoms with E-state index in [1.54, 1.807) is 24.3 Å². The number of phenols is 1. The van der Waals surface area contributed by atoms with Gasteiger partial charge in [0.2, 0.25) is 10.0 Å². The normalized spacial score (nSPS) is 15.9. The number of carbonyl (C=O) groups is 1. The number of piperidine rings is 1. The van der Waals surface area contributed by atoms with Crippen LogP contribution in [0.3, 0.4) is 0 Å². The number of aromatic hydroxyl groups is 1. The van der Waals surface area contributed by atoms with Gasteiger partial charge in [-0.1, -0.05) is 31.2 Å². The van der Waals surface area contributed by atoms with E-state index < -0.39 is 21.7 Å². The molecule has 0 atom stereocenters. The lowest BCUT2D eigenvalue weighted by atomic mass is 10.0. The Bertz CT molecular complexity index is 986. The van der Waals surface area contributed by atoms with Gasteiger partial charge in [-0.25, -0.2) is 17.1 Å². The lowest BCUT2D eigenvalue weighted by molar-refractivity contribution is 0.0947. The summed E-state index contributed by atoms with van der Waals surface area (Å²) in [5.41, 5.74) is 1.10. The maximum Gasteiger partial charge on any atom is 0.255 e. The molecule has 1 saturated heterocycles. The quantitative estimate of drug-likeness (QED) is 0.752. The first-order chi connectivity index (χ1) is 13.8. The van der Waals surface area contributed by atoms with Gasteiger partial charge in [0.1, 0.15) is 11.6 Å². The molecule has 0 aliphatic carbocycles. The van der Waals surface area contributed by atoms with Crippen molar-refractivity contribution >= 4 is 15.9 Å². The summed E-state index contributed by atoms with van der Waals surface area (Å²) in [5, 5.41) is 12.4. The van der Waals surface area contributed by atoms with E-state index in [0.29, 0.717) is 30.1 Å². The number of hydrogen-bond acceptors (Lipinski definition) is 4. The number of benzene rings is 2. The summed E-state index contributed by atoms with van der Waals surface area (Å²) in [6.07, 6.45) is 1.71. The molecule has 0 unspecified atom stereocenters. The minimum Gasteiger partial charge on any atom is -0.507 e. The van der Waals surface area contributed by atoms with Crippen molar-refractivity contribution in [1.29, 1.82) is 0 Å². The zero-order chi connectivity index (χ0) is 21.0. The van der Waals surface area contributed by atoms with Crippen molar-refractivity contribution in [3.63, 3.8) is 0 Å². The molecule has 0 saturated carbocycles. The van der Waals surface area contributed by atoms with Gasteiger partial charge in [0.05, 0.1) is 11.3 Å². The molecule has 6 nitrogen and oxygen atoms in total. The van der Waals surface area contributed by atoms with E-state index in [9.17, 15) is 22.7 Å². The second kappa shape index (κ2) is 8.92. The highest BCUT2D eigenvalue weighted by Crippen LogP contribution is 2.22. The van der Waals surface area contributed by atoms with Gasteiger partial charge in [-0.3, -0.25) is 4.79 Å². The highest BCUT2D eigenvalue weighted by atomic mass is 32.2. The van der Waals surface area contributed by atoms with Gasteiger partial charge in [0.15, 0.2) is 0 Å². The smallest absolute Gasteiger partial charge is 0.255 e. The molecule has 1 fully saturated rings. The van der Waals surface area contributed by atoms with Crippen LogP contribution >= 0.6 is 0 Å². The van der Waals surface area contributed by atoms with E-state index in [-0.39, 0.29) is 23.6 Å². The summed E-state index contributed by atoms with van der Waals surface area (Å²) < 4.78 is 40.5. The van der Waals surface area contributed by atoms with E-state index in [2.05, 4.69) is 12.2 Å². The molecule has 0 bridgehead atoms. The number of nitrogens with zero attached hydrogens (tertiary/aromatic N) is 1. The minimum atomic E-state index is -3.45. The van der Waals surface area contributed by atoms with Crippen molar-refractivity contribution in [3.8, 4) is 5.75 Å². The molecular formula is C21H25FN2O4S. The van der Waals surface area contributed by atoms with Crippen LogP contribution in [0.1, 0.15) is 41.3 Å². The van der Waals surface area contributed by atoms with E-state index in [1.165, 1.54) is 4.31 Å². The average molecular weight is 421 g/mol. The molecule has 1 heterocycles. The lowest BCUT2D eigenvalue weighted by Gasteiger charge is -2.29. The third-order valence-electron chi connectivity index (χ3n) is 5.23. The minimum absolute atomic E-state index is 0.0670. The molecule has 0 aromatic heterocycles. The molecule has 2 aromatic carbocycles. The highest BCUT2D eigenvalue weighted by molar-refractivity contribution is 7.88. The Kier molecular flexibility index (Phi) is 6.54. The van der Waals surface area contributed by atoms with Crippen LogP contribution in [0.2, 0.25) is 0 Å². The monoisotopic (exact) mass is 420 g/mol. The topological polar surface area (TPSA) is 86.7 Å². The van der Waals surface area contributed by atoms with Gasteiger partial charge in [-0.05, 0) is 48.1 Å². The van der Waals surface area contributed by atoms with E-state index in [4.69, 9.17) is 0 Å². The van der Waals surface area contributed by atoms with Crippen molar-refractivity contribution < 1.29 is 22.7 Å². The maximum atomic E-state index is 13.4. The summed E-state index contributed by atoms with van der Waals surface area (Å²) in [4.78, 5) is 12.3. The van der Waals surface area contributed by atoms with E-state index in [0.717, 1.165) is 31.0 Å². The Morgan fingerprint density at radius 1 is 1.17 bits per heavy atom. The van der Waals surface area contributed by atoms with Crippen LogP contribution in [0.5, 0.6) is 5.75 Å². The first-order valence-electron chi connectivity index (χ1n) is 9.57. The number of sulfonamides is 1. The fraction of sp³-hybridized carbons (Fsp3) is 0.381. The van der Waals surface area contributed by atoms with Crippen molar-refractivity contribution in [1.82, 2.24) is 9.62 Å². The third-order valence-corrected chi connectivity index (χ3v) is 7.06. The molecule has 0 radical (unpaired) electrons. The molecule has 3 rings (SSSR count). The predicted molar refractivity (Wildman–Crippen MR) is 108 cm³/mol. The Morgan fingerprint density at radius 2 is 1.83 bits per heavy atom. The van der Waals surface area contributed by atoms with Crippen LogP contribution in [0.25, 0.3) is 0 Å². The van der Waals surface area contributed by atoms with Crippen LogP contribution in [0.15, 0.2) is 42.5 Å². The Hall–Kier alpha value is -2.45. The number of halogens is 1. The number of hydrogen-bond donors (Lipinski definition) is 2. The number of phenolic OH excluding ortho intramolecular Hbond substituents is 1. The molecule has 156 valence electrons. The number of rotatable bonds is 6. The molecule has 8 heteroatoms. The highest BCUT2D eigenvalue weighted by Gasteiger charge is 2.27. The molecule has 1 amide bonds. The zero-order valence-corrected chi connectivity index (χ0v) is 17.1. The molecule has 29 heavy (non-hydrogen) atoms. The van der Waals surface area contributed by atoms with Gasteiger partial charge in [-0.15, -0.1) is 0 Å². The fourth-order valence-corrected chi connectivity index (χ4v) is 5.01. The molecule has 1 aliphatic rings. The van der Waals surface area contributed by atoms with Gasteiger partial charge in [0.25, 0.3) is 5.91 Å². The van der Waals surface area contributed by atoms with Crippen LogP contribution < -0.4 is 5.32 Å². The van der Waals surface area contributed by atoms with Gasteiger partial charge in [0, 0.05) is 19.6 Å². The van der Waals surface area contributed by atoms with Crippen molar-refractivity contribution in [2.45, 2.75) is 32.1 Å². The van der Waals surface area contributed by atoms with Crippen LogP contribution in [0, 0.1) is 11.7 Å². The van der Waals surface area contributed by atoms with Crippen LogP contribution in [-0.4, -0.2) is 36.8 Å². The van der Waals surface area contributed by atoms with E-state index >= 15 is 0 Å². The molecule has 1 aliphatic heterocycles. The number of amides is 1. The second-order valence-corrected chi connectivity index (χ2v) is 9.42. The summed E-state index contributed by atoms with van der Waals surface area (Å²) in [5.74, 6) is -1.19. The number of carbonyl (C=O) groups excluding carboxylic acids is 1. The van der Waals surface area contributed by atoms with Crippen molar-refractivity contribution in [2.75, 3.05) is 13.1 Å². The lowest BCUT2D eigenvalue weighted by Crippen LogP contribution is -2.38. The van der Waals surface area contributed by atoms with Crippen molar-refractivity contribution in [2.24, 2.45) is 5.92 Å². The second-order valence-electron chi connectivity index (χ2n) is 7.45. The largest absolute Gasteiger partial charge is 0.507 e. The molecule has 0 spiro atoms. The molecule has 2 N–H and O–H groups in total. The van der Waals surface area contributed by atoms with E-state index in [1.807, 2.05) is 0 Å². The first-order valence-corrected chi connectivity index (χ1v) is 11.2. The summed E-state index contributed by atoms with van der Waals surface area (Å²) in [6, 6.07) is 10.1. The van der Waals surface area contributed by atoms with Gasteiger partial charge >= 0.3 is 0 Å². The van der Waals surface area contributed by atoms with Gasteiger partial charge in [-0.2, -0.15) is 0 Å². The third kappa shape index (κ3) is 5.33. The number of nitrogens with one attached hydrogen (secondary N) is 1. The average Bonchev–Trinajstić information content (AvgIpc) is 2.69. The van der Waals surface area contributed by atoms with Gasteiger partial charge < -0.3 is 10.4 Å². The first kappa shape index (κ1) is 21.3. The SMILES string of the molecule is CC1CCN(S(=O)(=O)Cc2ccccc2CNC(=O)c2cc(F)ccc2O)CC1. The Morgan fingerprint density at radius 3 is 2.52 bits per heavy atom. The Balaban J connectivity index is 1.70. The zero-order valence-electron chi connectivity index (χ0n) is 16.3. The molecular weight excluding hydrogens is 395 g/mol. The fourth-order valence-electron chi connectivity index (χ4n) is 3.38. The Labute approximate surface area is 170 Å². The summed E-state index contributed by atoms with van der Waals surface area (Å²) in [6.45, 7) is 3.25. The predicted octanol–water partition coefficient (Wildman–Crippen LogP) is 3.02. The summed E-state index contributed by atoms with van der Waals surface area (Å²) >= 11 is 0. The van der Waals surface area contributed by atoms with Crippen LogP contribution in [0.4, 0.5) is 4.39 Å². The molecule has 2 aromatic rings. The standard InChI is InChI=1S/C21H25FN2O4S/c1-15-8-10-24(11-9-15)29(27,28)14-17-5-3-2-4-16(17)13-23-21(26)19-12-18(22)6-7-20(19)25/h2-7,12,15,25H,8-11,13-14H2,1H3,(H,23,26). The van der Waals surface area contributed by atoms with Crippen LogP contribution in [-0.2, 0) is 22.3 Å². The van der Waals surface area contributed by atoms with Crippen molar-refractivity contribution in [3.05, 3.63) is 65.0 Å². The summed E-state index contributed by atoms with van der Waals surface area (Å²) in [7, 11) is -3.45.